The van der Waals surface area contributed by atoms with Gasteiger partial charge >= 0.3 is 6.09 Å². The maximum atomic E-state index is 12.5. The fraction of sp³-hybridized carbons (Fsp3) is 0.667. The largest absolute Gasteiger partial charge is 0.450 e. The zero-order chi connectivity index (χ0) is 16.8. The van der Waals surface area contributed by atoms with Gasteiger partial charge in [-0.1, -0.05) is 6.08 Å². The molecule has 1 saturated heterocycles. The van der Waals surface area contributed by atoms with E-state index in [4.69, 9.17) is 4.74 Å². The Hall–Kier alpha value is -2.05. The summed E-state index contributed by atoms with van der Waals surface area (Å²) in [6.07, 6.45) is 1.20. The molecule has 0 aromatic rings. The van der Waals surface area contributed by atoms with Crippen LogP contribution in [-0.2, 0) is 14.3 Å². The molecule has 0 bridgehead atoms. The fourth-order valence-corrected chi connectivity index (χ4v) is 2.19. The molecule has 124 valence electrons. The molecule has 0 saturated carbocycles. The van der Waals surface area contributed by atoms with Gasteiger partial charge in [0.05, 0.1) is 6.61 Å². The van der Waals surface area contributed by atoms with Gasteiger partial charge in [-0.2, -0.15) is 0 Å². The first-order chi connectivity index (χ1) is 10.3. The summed E-state index contributed by atoms with van der Waals surface area (Å²) < 4.78 is 4.94. The number of hydrogen-bond acceptors (Lipinski definition) is 4. The predicted octanol–water partition coefficient (Wildman–Crippen LogP) is 0.615. The number of amides is 3. The second-order valence-corrected chi connectivity index (χ2v) is 5.60. The first-order valence-electron chi connectivity index (χ1n) is 7.44. The van der Waals surface area contributed by atoms with Crippen molar-refractivity contribution in [1.29, 1.82) is 0 Å². The highest BCUT2D eigenvalue weighted by Crippen LogP contribution is 2.20. The van der Waals surface area contributed by atoms with Crippen LogP contribution in [0.4, 0.5) is 4.79 Å². The lowest BCUT2D eigenvalue weighted by molar-refractivity contribution is -0.149. The predicted molar refractivity (Wildman–Crippen MR) is 82.2 cm³/mol. The highest BCUT2D eigenvalue weighted by Gasteiger charge is 2.40. The summed E-state index contributed by atoms with van der Waals surface area (Å²) in [4.78, 5) is 39.4. The van der Waals surface area contributed by atoms with E-state index < -0.39 is 5.41 Å². The number of ether oxygens (including phenoxy) is 1. The van der Waals surface area contributed by atoms with Crippen molar-refractivity contribution in [2.75, 3.05) is 39.3 Å². The Morgan fingerprint density at radius 3 is 2.23 bits per heavy atom. The molecule has 7 heteroatoms. The average Bonchev–Trinajstić information content (AvgIpc) is 2.52. The number of nitrogens with one attached hydrogen (secondary N) is 1. The molecule has 0 aromatic heterocycles. The SMILES string of the molecule is C=CCNC(=O)C(C)(C)C(=O)N1CCN(C(=O)OCC)CC1. The van der Waals surface area contributed by atoms with Crippen LogP contribution >= 0.6 is 0 Å². The normalized spacial score (nSPS) is 15.2. The first kappa shape index (κ1) is 18.0. The molecule has 1 fully saturated rings. The molecule has 22 heavy (non-hydrogen) atoms. The molecule has 0 radical (unpaired) electrons. The number of piperazine rings is 1. The second-order valence-electron chi connectivity index (χ2n) is 5.60. The molecule has 1 N–H and O–H groups in total. The Morgan fingerprint density at radius 1 is 1.18 bits per heavy atom. The van der Waals surface area contributed by atoms with Crippen LogP contribution in [0, 0.1) is 5.41 Å². The summed E-state index contributed by atoms with van der Waals surface area (Å²) in [5.41, 5.74) is -1.14. The van der Waals surface area contributed by atoms with Gasteiger partial charge in [0.25, 0.3) is 0 Å². The minimum atomic E-state index is -1.14. The van der Waals surface area contributed by atoms with Gasteiger partial charge in [0, 0.05) is 32.7 Å². The van der Waals surface area contributed by atoms with Gasteiger partial charge in [-0.3, -0.25) is 9.59 Å². The van der Waals surface area contributed by atoms with E-state index in [0.29, 0.717) is 39.3 Å². The maximum Gasteiger partial charge on any atom is 0.409 e. The Morgan fingerprint density at radius 2 is 1.73 bits per heavy atom. The van der Waals surface area contributed by atoms with Crippen LogP contribution in [-0.4, -0.2) is 67.0 Å². The number of hydrogen-bond donors (Lipinski definition) is 1. The van der Waals surface area contributed by atoms with Gasteiger partial charge in [-0.05, 0) is 20.8 Å². The van der Waals surface area contributed by atoms with Crippen LogP contribution in [0.5, 0.6) is 0 Å². The van der Waals surface area contributed by atoms with Crippen molar-refractivity contribution in [3.05, 3.63) is 12.7 Å². The van der Waals surface area contributed by atoms with E-state index in [0.717, 1.165) is 0 Å². The van der Waals surface area contributed by atoms with Crippen LogP contribution < -0.4 is 5.32 Å². The third-order valence-electron chi connectivity index (χ3n) is 3.60. The zero-order valence-corrected chi connectivity index (χ0v) is 13.6. The standard InChI is InChI=1S/C15H25N3O4/c1-5-7-16-12(19)15(3,4)13(20)17-8-10-18(11-9-17)14(21)22-6-2/h5H,1,6-11H2,2-4H3,(H,16,19). The van der Waals surface area contributed by atoms with E-state index in [1.807, 2.05) is 0 Å². The Kier molecular flexibility index (Phi) is 6.39. The smallest absolute Gasteiger partial charge is 0.409 e. The molecule has 3 amide bonds. The summed E-state index contributed by atoms with van der Waals surface area (Å²) in [6, 6.07) is 0. The molecule has 0 aromatic carbocycles. The zero-order valence-electron chi connectivity index (χ0n) is 13.6. The van der Waals surface area contributed by atoms with Gasteiger partial charge < -0.3 is 19.9 Å². The topological polar surface area (TPSA) is 79.0 Å². The minimum Gasteiger partial charge on any atom is -0.450 e. The highest BCUT2D eigenvalue weighted by molar-refractivity contribution is 6.04. The van der Waals surface area contributed by atoms with Gasteiger partial charge in [-0.15, -0.1) is 6.58 Å². The van der Waals surface area contributed by atoms with Crippen LogP contribution in [0.2, 0.25) is 0 Å². The molecule has 1 heterocycles. The summed E-state index contributed by atoms with van der Waals surface area (Å²) in [6.45, 7) is 10.8. The fourth-order valence-electron chi connectivity index (χ4n) is 2.19. The van der Waals surface area contributed by atoms with Gasteiger partial charge in [0.1, 0.15) is 5.41 Å². The number of nitrogens with zero attached hydrogens (tertiary/aromatic N) is 2. The van der Waals surface area contributed by atoms with Gasteiger partial charge in [0.2, 0.25) is 11.8 Å². The summed E-state index contributed by atoms with van der Waals surface area (Å²) in [5.74, 6) is -0.567. The van der Waals surface area contributed by atoms with Crippen molar-refractivity contribution < 1.29 is 19.1 Å². The lowest BCUT2D eigenvalue weighted by Gasteiger charge is -2.37. The van der Waals surface area contributed by atoms with E-state index in [-0.39, 0.29) is 17.9 Å². The second kappa shape index (κ2) is 7.82. The summed E-state index contributed by atoms with van der Waals surface area (Å²) >= 11 is 0. The summed E-state index contributed by atoms with van der Waals surface area (Å²) in [5, 5.41) is 2.65. The molecule has 7 nitrogen and oxygen atoms in total. The van der Waals surface area contributed by atoms with Gasteiger partial charge in [0.15, 0.2) is 0 Å². The van der Waals surface area contributed by atoms with Crippen molar-refractivity contribution >= 4 is 17.9 Å². The van der Waals surface area contributed by atoms with Crippen LogP contribution in [0.15, 0.2) is 12.7 Å². The number of rotatable bonds is 5. The van der Waals surface area contributed by atoms with E-state index in [9.17, 15) is 14.4 Å². The van der Waals surface area contributed by atoms with Crippen molar-refractivity contribution in [3.8, 4) is 0 Å². The van der Waals surface area contributed by atoms with Crippen molar-refractivity contribution in [2.45, 2.75) is 20.8 Å². The van der Waals surface area contributed by atoms with E-state index in [1.54, 1.807) is 36.6 Å². The molecule has 0 spiro atoms. The average molecular weight is 311 g/mol. The van der Waals surface area contributed by atoms with E-state index in [2.05, 4.69) is 11.9 Å². The lowest BCUT2D eigenvalue weighted by Crippen LogP contribution is -2.56. The minimum absolute atomic E-state index is 0.238. The van der Waals surface area contributed by atoms with Crippen molar-refractivity contribution in [3.63, 3.8) is 0 Å². The Balaban J connectivity index is 2.59. The molecule has 0 atom stereocenters. The quantitative estimate of drug-likeness (QED) is 0.596. The third kappa shape index (κ3) is 4.22. The van der Waals surface area contributed by atoms with E-state index >= 15 is 0 Å². The van der Waals surface area contributed by atoms with Crippen LogP contribution in [0.25, 0.3) is 0 Å². The molecular formula is C15H25N3O4. The monoisotopic (exact) mass is 311 g/mol. The summed E-state index contributed by atoms with van der Waals surface area (Å²) in [7, 11) is 0. The molecule has 0 aliphatic carbocycles. The lowest BCUT2D eigenvalue weighted by atomic mass is 9.90. The molecular weight excluding hydrogens is 286 g/mol. The number of carbonyl (C=O) groups excluding carboxylic acids is 3. The molecule has 1 aliphatic heterocycles. The number of carbonyl (C=O) groups is 3. The van der Waals surface area contributed by atoms with Crippen molar-refractivity contribution in [2.24, 2.45) is 5.41 Å². The maximum absolute atomic E-state index is 12.5. The van der Waals surface area contributed by atoms with Crippen LogP contribution in [0.1, 0.15) is 20.8 Å². The van der Waals surface area contributed by atoms with E-state index in [1.165, 1.54) is 0 Å². The molecule has 1 aliphatic rings. The first-order valence-corrected chi connectivity index (χ1v) is 7.44. The Bertz CT molecular complexity index is 440. The van der Waals surface area contributed by atoms with Gasteiger partial charge in [-0.25, -0.2) is 4.79 Å². The van der Waals surface area contributed by atoms with Crippen molar-refractivity contribution in [1.82, 2.24) is 15.1 Å². The molecule has 1 rings (SSSR count). The third-order valence-corrected chi connectivity index (χ3v) is 3.60. The van der Waals surface area contributed by atoms with Crippen LogP contribution in [0.3, 0.4) is 0 Å². The highest BCUT2D eigenvalue weighted by atomic mass is 16.6. The molecule has 0 unspecified atom stereocenters. The Labute approximate surface area is 131 Å².